The van der Waals surface area contributed by atoms with E-state index in [-0.39, 0.29) is 18.9 Å². The first-order valence-electron chi connectivity index (χ1n) is 43.5. The molecule has 0 aliphatic carbocycles. The van der Waals surface area contributed by atoms with Crippen molar-refractivity contribution in [2.24, 2.45) is 0 Å². The second-order valence-corrected chi connectivity index (χ2v) is 30.6. The van der Waals surface area contributed by atoms with Crippen LogP contribution in [0.3, 0.4) is 0 Å². The molecular formula is C89H157NO18. The third kappa shape index (κ3) is 46.8. The molecule has 3 heterocycles. The molecule has 3 rings (SSSR count). The monoisotopic (exact) mass is 1530 g/mol. The molecule has 17 atom stereocenters. The Bertz CT molecular complexity index is 2330. The molecule has 0 saturated carbocycles. The van der Waals surface area contributed by atoms with Crippen LogP contribution in [0.1, 0.15) is 328 Å². The van der Waals surface area contributed by atoms with Gasteiger partial charge in [-0.05, 0) is 77.0 Å². The number of unbranched alkanes of at least 4 members (excludes halogenated alkanes) is 39. The Balaban J connectivity index is 1.35. The number of aliphatic hydroxyl groups is 11. The molecule has 17 unspecified atom stereocenters. The van der Waals surface area contributed by atoms with E-state index in [4.69, 9.17) is 28.4 Å². The summed E-state index contributed by atoms with van der Waals surface area (Å²) in [5.74, 6) is -0.276. The minimum absolute atomic E-state index is 0.238. The van der Waals surface area contributed by atoms with Crippen LogP contribution in [-0.2, 0) is 33.2 Å². The van der Waals surface area contributed by atoms with Crippen molar-refractivity contribution in [1.29, 1.82) is 0 Å². The second kappa shape index (κ2) is 68.1. The lowest BCUT2D eigenvalue weighted by Crippen LogP contribution is -2.66. The predicted molar refractivity (Wildman–Crippen MR) is 434 cm³/mol. The van der Waals surface area contributed by atoms with Gasteiger partial charge in [0.2, 0.25) is 5.91 Å². The lowest BCUT2D eigenvalue weighted by atomic mass is 9.96. The fraction of sp³-hybridized carbons (Fsp3) is 0.809. The van der Waals surface area contributed by atoms with E-state index in [0.29, 0.717) is 6.42 Å². The Morgan fingerprint density at radius 3 is 1.00 bits per heavy atom. The average Bonchev–Trinajstić information content (AvgIpc) is 0.774. The molecule has 0 aromatic heterocycles. The Morgan fingerprint density at radius 2 is 0.639 bits per heavy atom. The Kier molecular flexibility index (Phi) is 62.4. The van der Waals surface area contributed by atoms with Crippen molar-refractivity contribution < 1.29 is 89.4 Å². The van der Waals surface area contributed by atoms with Crippen LogP contribution in [0, 0.1) is 0 Å². The van der Waals surface area contributed by atoms with Crippen LogP contribution in [-0.4, -0.2) is 193 Å². The zero-order valence-electron chi connectivity index (χ0n) is 67.3. The molecule has 0 bridgehead atoms. The van der Waals surface area contributed by atoms with Crippen molar-refractivity contribution in [1.82, 2.24) is 5.32 Å². The Labute approximate surface area is 653 Å². The van der Waals surface area contributed by atoms with E-state index in [1.165, 1.54) is 205 Å². The number of ether oxygens (including phenoxy) is 6. The summed E-state index contributed by atoms with van der Waals surface area (Å²) >= 11 is 0. The zero-order valence-corrected chi connectivity index (χ0v) is 67.3. The summed E-state index contributed by atoms with van der Waals surface area (Å²) in [4.78, 5) is 13.5. The zero-order chi connectivity index (χ0) is 78.1. The SMILES string of the molecule is CC/C=C\C/C=C\C/C=C\C/C=C\C/C=C\C/C=C\C/C=C\CCCCCCCCCCCCCCCC(=O)NC(COC1OC(CO)C(OC2OC(CO)C(OC3OC(CO)C(O)C(O)C3O)C(O)C2O)C(O)C1O)C(O)/C=C/CCCCCCCCCCCCCCCCCCCCCCCCCCCC. The molecule has 1 amide bonds. The van der Waals surface area contributed by atoms with Crippen molar-refractivity contribution >= 4 is 5.91 Å². The molecule has 626 valence electrons. The Morgan fingerprint density at radius 1 is 0.343 bits per heavy atom. The van der Waals surface area contributed by atoms with Crippen LogP contribution in [0.15, 0.2) is 97.2 Å². The van der Waals surface area contributed by atoms with Crippen molar-refractivity contribution in [3.8, 4) is 0 Å². The summed E-state index contributed by atoms with van der Waals surface area (Å²) in [5, 5.41) is 121. The van der Waals surface area contributed by atoms with Crippen LogP contribution in [0.4, 0.5) is 0 Å². The lowest BCUT2D eigenvalue weighted by molar-refractivity contribution is -0.379. The van der Waals surface area contributed by atoms with Crippen LogP contribution < -0.4 is 5.32 Å². The minimum Gasteiger partial charge on any atom is -0.394 e. The van der Waals surface area contributed by atoms with Gasteiger partial charge in [0, 0.05) is 6.42 Å². The number of rotatable bonds is 69. The van der Waals surface area contributed by atoms with Crippen molar-refractivity contribution in [2.75, 3.05) is 26.4 Å². The van der Waals surface area contributed by atoms with Crippen molar-refractivity contribution in [3.63, 3.8) is 0 Å². The largest absolute Gasteiger partial charge is 0.394 e. The number of hydrogen-bond donors (Lipinski definition) is 12. The first kappa shape index (κ1) is 98.9. The normalized spacial score (nSPS) is 25.9. The van der Waals surface area contributed by atoms with Gasteiger partial charge < -0.3 is 89.9 Å². The van der Waals surface area contributed by atoms with Crippen LogP contribution in [0.2, 0.25) is 0 Å². The second-order valence-electron chi connectivity index (χ2n) is 30.6. The van der Waals surface area contributed by atoms with Crippen molar-refractivity contribution in [2.45, 2.75) is 433 Å². The summed E-state index contributed by atoms with van der Waals surface area (Å²) in [6.45, 7) is 1.66. The van der Waals surface area contributed by atoms with Crippen LogP contribution in [0.5, 0.6) is 0 Å². The van der Waals surface area contributed by atoms with Crippen molar-refractivity contribution in [3.05, 3.63) is 97.2 Å². The highest BCUT2D eigenvalue weighted by atomic mass is 16.8. The van der Waals surface area contributed by atoms with Gasteiger partial charge >= 0.3 is 0 Å². The van der Waals surface area contributed by atoms with Gasteiger partial charge in [-0.1, -0.05) is 342 Å². The van der Waals surface area contributed by atoms with Gasteiger partial charge in [0.05, 0.1) is 38.6 Å². The highest BCUT2D eigenvalue weighted by Gasteiger charge is 2.54. The third-order valence-corrected chi connectivity index (χ3v) is 21.1. The van der Waals surface area contributed by atoms with Gasteiger partial charge in [-0.25, -0.2) is 0 Å². The fourth-order valence-electron chi connectivity index (χ4n) is 14.2. The number of carbonyl (C=O) groups excluding carboxylic acids is 1. The number of hydrogen-bond acceptors (Lipinski definition) is 18. The van der Waals surface area contributed by atoms with Gasteiger partial charge in [0.15, 0.2) is 18.9 Å². The number of carbonyl (C=O) groups is 1. The van der Waals surface area contributed by atoms with Gasteiger partial charge in [0.25, 0.3) is 0 Å². The highest BCUT2D eigenvalue weighted by Crippen LogP contribution is 2.33. The number of aliphatic hydroxyl groups excluding tert-OH is 11. The fourth-order valence-corrected chi connectivity index (χ4v) is 14.2. The van der Waals surface area contributed by atoms with Gasteiger partial charge in [0.1, 0.15) is 73.2 Å². The van der Waals surface area contributed by atoms with E-state index >= 15 is 0 Å². The van der Waals surface area contributed by atoms with Crippen LogP contribution >= 0.6 is 0 Å². The summed E-state index contributed by atoms with van der Waals surface area (Å²) in [7, 11) is 0. The van der Waals surface area contributed by atoms with E-state index < -0.39 is 124 Å². The summed E-state index contributed by atoms with van der Waals surface area (Å²) in [6, 6.07) is -0.981. The van der Waals surface area contributed by atoms with Gasteiger partial charge in [-0.3, -0.25) is 4.79 Å². The first-order chi connectivity index (χ1) is 52.8. The molecule has 0 aromatic carbocycles. The number of nitrogens with one attached hydrogen (secondary N) is 1. The summed E-state index contributed by atoms with van der Waals surface area (Å²) < 4.78 is 34.5. The maximum absolute atomic E-state index is 13.5. The first-order valence-corrected chi connectivity index (χ1v) is 43.5. The molecule has 3 saturated heterocycles. The smallest absolute Gasteiger partial charge is 0.220 e. The third-order valence-electron chi connectivity index (χ3n) is 21.1. The van der Waals surface area contributed by atoms with E-state index in [1.54, 1.807) is 6.08 Å². The highest BCUT2D eigenvalue weighted by molar-refractivity contribution is 5.76. The molecule has 108 heavy (non-hydrogen) atoms. The van der Waals surface area contributed by atoms with E-state index in [9.17, 15) is 61.0 Å². The quantitative estimate of drug-likeness (QED) is 0.0199. The maximum atomic E-state index is 13.5. The van der Waals surface area contributed by atoms with E-state index in [1.807, 2.05) is 6.08 Å². The topological polar surface area (TPSA) is 307 Å². The predicted octanol–water partition coefficient (Wildman–Crippen LogP) is 15.9. The molecule has 19 nitrogen and oxygen atoms in total. The molecular weight excluding hydrogens is 1370 g/mol. The van der Waals surface area contributed by atoms with Crippen LogP contribution in [0.25, 0.3) is 0 Å². The molecule has 3 aliphatic heterocycles. The van der Waals surface area contributed by atoms with Gasteiger partial charge in [-0.2, -0.15) is 0 Å². The average molecular weight is 1530 g/mol. The molecule has 3 aliphatic rings. The summed E-state index contributed by atoms with van der Waals surface area (Å²) in [6.07, 6.45) is 66.8. The number of amides is 1. The van der Waals surface area contributed by atoms with E-state index in [0.717, 1.165) is 96.3 Å². The molecule has 12 N–H and O–H groups in total. The minimum atomic E-state index is -1.98. The Hall–Kier alpha value is -3.29. The molecule has 3 fully saturated rings. The molecule has 19 heteroatoms. The number of allylic oxidation sites excluding steroid dienone is 15. The molecule has 0 aromatic rings. The van der Waals surface area contributed by atoms with E-state index in [2.05, 4.69) is 104 Å². The lowest BCUT2D eigenvalue weighted by Gasteiger charge is -2.48. The maximum Gasteiger partial charge on any atom is 0.220 e. The molecule has 0 spiro atoms. The standard InChI is InChI=1S/C89H157NO18/c1-3-5-7-9-11-13-15-17-19-21-23-25-27-29-31-33-34-35-36-37-38-39-41-43-45-47-49-51-53-55-57-59-61-63-65-67-77(95)90-72(73(94)66-64-62-60-58-56-54-52-50-48-46-44-42-40-32-30-28-26-24-22-20-18-16-14-12-10-8-6-4-2)71-103-87-83(101)80(98)85(75(69-92)105-87)108-89-84(102)81(99)86(76(70-93)106-89)107-88-82(100)79(97)78(96)74(68-91)104-88/h5,7,11,13,17,19,23,25,29,31,34-35,37-38,64,66,72-76,78-89,91-94,96-102H,3-4,6,8-10,12,14-16,18,20-22,24,26-28,30,32-33,36,39-63,65,67-71H2,1-2H3,(H,90,95)/b7-5-,13-11-,19-17-,25-23-,31-29-,35-34-,38-37-,66-64+. The molecule has 0 radical (unpaired) electrons. The van der Waals surface area contributed by atoms with Gasteiger partial charge in [-0.15, -0.1) is 0 Å². The summed E-state index contributed by atoms with van der Waals surface area (Å²) in [5.41, 5.74) is 0.